The van der Waals surface area contributed by atoms with E-state index in [1.54, 1.807) is 42.8 Å². The molecule has 0 bridgehead atoms. The van der Waals surface area contributed by atoms with Crippen molar-refractivity contribution in [2.24, 2.45) is 11.1 Å². The molecule has 4 rings (SSSR count). The van der Waals surface area contributed by atoms with E-state index >= 15 is 0 Å². The van der Waals surface area contributed by atoms with Gasteiger partial charge in [0, 0.05) is 31.4 Å². The SMILES string of the molecule is CC(C)C[C@H](NC(=O)C1(Cc2ccccc2)CC(C(C)(C)NC(=O)c2cccn3ccnc23)=NO1)B(O)O. The van der Waals surface area contributed by atoms with Crippen molar-refractivity contribution in [2.45, 2.75) is 64.0 Å². The van der Waals surface area contributed by atoms with Gasteiger partial charge in [0.05, 0.1) is 22.8 Å². The highest BCUT2D eigenvalue weighted by Gasteiger charge is 2.51. The average molecular weight is 519 g/mol. The van der Waals surface area contributed by atoms with Gasteiger partial charge in [0.2, 0.25) is 5.60 Å². The minimum Gasteiger partial charge on any atom is -0.426 e. The molecule has 10 nitrogen and oxygen atoms in total. The largest absolute Gasteiger partial charge is 0.475 e. The van der Waals surface area contributed by atoms with Crippen LogP contribution in [0.1, 0.15) is 56.5 Å². The topological polar surface area (TPSA) is 138 Å². The number of hydrogen-bond donors (Lipinski definition) is 4. The van der Waals surface area contributed by atoms with Crippen molar-refractivity contribution in [2.75, 3.05) is 0 Å². The third kappa shape index (κ3) is 5.89. The van der Waals surface area contributed by atoms with Gasteiger partial charge < -0.3 is 29.9 Å². The van der Waals surface area contributed by atoms with Crippen LogP contribution in [0.15, 0.2) is 66.2 Å². The van der Waals surface area contributed by atoms with E-state index in [4.69, 9.17) is 4.84 Å². The summed E-state index contributed by atoms with van der Waals surface area (Å²) in [6.07, 6.45) is 5.88. The number of nitrogens with one attached hydrogen (secondary N) is 2. The van der Waals surface area contributed by atoms with E-state index in [1.165, 1.54) is 0 Å². The number of nitrogens with zero attached hydrogens (tertiary/aromatic N) is 3. The molecule has 200 valence electrons. The molecule has 38 heavy (non-hydrogen) atoms. The normalized spacial score (nSPS) is 18.1. The van der Waals surface area contributed by atoms with Crippen molar-refractivity contribution in [3.8, 4) is 0 Å². The van der Waals surface area contributed by atoms with E-state index < -0.39 is 30.1 Å². The number of benzene rings is 1. The maximum absolute atomic E-state index is 13.7. The zero-order valence-electron chi connectivity index (χ0n) is 22.1. The highest BCUT2D eigenvalue weighted by Crippen LogP contribution is 2.33. The molecule has 1 aliphatic heterocycles. The van der Waals surface area contributed by atoms with Gasteiger partial charge in [0.25, 0.3) is 11.8 Å². The molecular weight excluding hydrogens is 485 g/mol. The van der Waals surface area contributed by atoms with Crippen molar-refractivity contribution < 1.29 is 24.5 Å². The second-order valence-corrected chi connectivity index (χ2v) is 10.7. The Morgan fingerprint density at radius 3 is 2.58 bits per heavy atom. The minimum absolute atomic E-state index is 0.102. The molecule has 11 heteroatoms. The molecule has 2 amide bonds. The molecule has 1 aliphatic rings. The van der Waals surface area contributed by atoms with Crippen LogP contribution in [0.3, 0.4) is 0 Å². The first-order valence-electron chi connectivity index (χ1n) is 12.7. The van der Waals surface area contributed by atoms with Gasteiger partial charge in [0.1, 0.15) is 5.65 Å². The monoisotopic (exact) mass is 519 g/mol. The third-order valence-electron chi connectivity index (χ3n) is 6.74. The fraction of sp³-hybridized carbons (Fsp3) is 0.407. The van der Waals surface area contributed by atoms with E-state index in [0.29, 0.717) is 23.3 Å². The lowest BCUT2D eigenvalue weighted by Crippen LogP contribution is -2.57. The molecule has 4 N–H and O–H groups in total. The second kappa shape index (κ2) is 11.0. The van der Waals surface area contributed by atoms with Crippen LogP contribution in [0, 0.1) is 5.92 Å². The molecule has 2 aromatic heterocycles. The molecule has 1 unspecified atom stereocenters. The highest BCUT2D eigenvalue weighted by molar-refractivity contribution is 6.43. The van der Waals surface area contributed by atoms with E-state index in [2.05, 4.69) is 20.8 Å². The highest BCUT2D eigenvalue weighted by atomic mass is 16.7. The Labute approximate surface area is 222 Å². The van der Waals surface area contributed by atoms with Crippen LogP contribution in [0.25, 0.3) is 5.65 Å². The van der Waals surface area contributed by atoms with Gasteiger partial charge in [0.15, 0.2) is 0 Å². The number of hydrogen-bond acceptors (Lipinski definition) is 7. The summed E-state index contributed by atoms with van der Waals surface area (Å²) >= 11 is 0. The predicted molar refractivity (Wildman–Crippen MR) is 144 cm³/mol. The fourth-order valence-electron chi connectivity index (χ4n) is 4.65. The Morgan fingerprint density at radius 2 is 1.89 bits per heavy atom. The number of pyridine rings is 1. The van der Waals surface area contributed by atoms with Crippen molar-refractivity contribution in [1.82, 2.24) is 20.0 Å². The first kappa shape index (κ1) is 27.3. The van der Waals surface area contributed by atoms with Crippen LogP contribution in [0.4, 0.5) is 0 Å². The Balaban J connectivity index is 1.57. The summed E-state index contributed by atoms with van der Waals surface area (Å²) in [5.41, 5.74) is -0.0996. The lowest BCUT2D eigenvalue weighted by molar-refractivity contribution is -0.144. The summed E-state index contributed by atoms with van der Waals surface area (Å²) in [5, 5.41) is 29.8. The molecular formula is C27H34BN5O5. The Morgan fingerprint density at radius 1 is 1.16 bits per heavy atom. The van der Waals surface area contributed by atoms with Gasteiger partial charge in [-0.15, -0.1) is 0 Å². The molecule has 0 saturated carbocycles. The van der Waals surface area contributed by atoms with Crippen molar-refractivity contribution in [3.63, 3.8) is 0 Å². The van der Waals surface area contributed by atoms with Crippen LogP contribution >= 0.6 is 0 Å². The number of aromatic nitrogens is 2. The summed E-state index contributed by atoms with van der Waals surface area (Å²) in [5.74, 6) is -1.58. The molecule has 1 aromatic carbocycles. The summed E-state index contributed by atoms with van der Waals surface area (Å²) in [7, 11) is -1.72. The smallest absolute Gasteiger partial charge is 0.426 e. The summed E-state index contributed by atoms with van der Waals surface area (Å²) in [4.78, 5) is 37.1. The van der Waals surface area contributed by atoms with Crippen LogP contribution in [0.5, 0.6) is 0 Å². The number of fused-ring (bicyclic) bond motifs is 1. The summed E-state index contributed by atoms with van der Waals surface area (Å²) in [6, 6.07) is 12.9. The van der Waals surface area contributed by atoms with Gasteiger partial charge in [-0.2, -0.15) is 0 Å². The maximum atomic E-state index is 13.7. The van der Waals surface area contributed by atoms with Crippen LogP contribution in [-0.4, -0.2) is 61.2 Å². The first-order valence-corrected chi connectivity index (χ1v) is 12.7. The molecule has 0 saturated heterocycles. The molecule has 3 aromatic rings. The average Bonchev–Trinajstić information content (AvgIpc) is 3.52. The van der Waals surface area contributed by atoms with E-state index in [1.807, 2.05) is 50.4 Å². The number of carbonyl (C=O) groups excluding carboxylic acids is 2. The Bertz CT molecular complexity index is 1320. The van der Waals surface area contributed by atoms with Crippen LogP contribution in [0.2, 0.25) is 0 Å². The Kier molecular flexibility index (Phi) is 7.89. The molecule has 0 spiro atoms. The molecule has 0 fully saturated rings. The van der Waals surface area contributed by atoms with E-state index in [0.717, 1.165) is 5.56 Å². The van der Waals surface area contributed by atoms with E-state index in [9.17, 15) is 19.6 Å². The third-order valence-corrected chi connectivity index (χ3v) is 6.74. The number of amides is 2. The van der Waals surface area contributed by atoms with Gasteiger partial charge in [-0.05, 0) is 43.9 Å². The van der Waals surface area contributed by atoms with Crippen LogP contribution < -0.4 is 10.6 Å². The summed E-state index contributed by atoms with van der Waals surface area (Å²) < 4.78 is 1.76. The summed E-state index contributed by atoms with van der Waals surface area (Å²) in [6.45, 7) is 7.47. The number of oxime groups is 1. The maximum Gasteiger partial charge on any atom is 0.475 e. The zero-order chi connectivity index (χ0) is 27.5. The second-order valence-electron chi connectivity index (χ2n) is 10.7. The fourth-order valence-corrected chi connectivity index (χ4v) is 4.65. The minimum atomic E-state index is -1.72. The lowest BCUT2D eigenvalue weighted by Gasteiger charge is -2.30. The number of carbonyl (C=O) groups is 2. The van der Waals surface area contributed by atoms with Gasteiger partial charge >= 0.3 is 7.12 Å². The van der Waals surface area contributed by atoms with Crippen LogP contribution in [-0.2, 0) is 16.1 Å². The predicted octanol–water partition coefficient (Wildman–Crippen LogP) is 2.14. The zero-order valence-corrected chi connectivity index (χ0v) is 22.1. The molecule has 3 heterocycles. The first-order chi connectivity index (χ1) is 18.0. The van der Waals surface area contributed by atoms with Gasteiger partial charge in [-0.1, -0.05) is 49.3 Å². The molecule has 0 aliphatic carbocycles. The van der Waals surface area contributed by atoms with Gasteiger partial charge in [-0.3, -0.25) is 9.59 Å². The van der Waals surface area contributed by atoms with E-state index in [-0.39, 0.29) is 24.7 Å². The molecule has 2 atom stereocenters. The van der Waals surface area contributed by atoms with Gasteiger partial charge in [-0.25, -0.2) is 4.98 Å². The Hall–Kier alpha value is -3.70. The lowest BCUT2D eigenvalue weighted by atomic mass is 9.74. The van der Waals surface area contributed by atoms with Crippen molar-refractivity contribution in [1.29, 1.82) is 0 Å². The quantitative estimate of drug-likeness (QED) is 0.303. The molecule has 0 radical (unpaired) electrons. The number of rotatable bonds is 10. The van der Waals surface area contributed by atoms with Crippen molar-refractivity contribution in [3.05, 3.63) is 72.2 Å². The number of imidazole rings is 1. The van der Waals surface area contributed by atoms with Crippen molar-refractivity contribution >= 4 is 30.3 Å². The standard InChI is InChI=1S/C27H34BN5O5/c1-18(2)15-22(28(36)37)30-25(35)27(16-19-9-6-5-7-10-19)17-21(32-38-27)26(3,4)31-24(34)20-11-8-13-33-14-12-29-23(20)33/h5-14,18,22,36-37H,15-17H2,1-4H3,(H,30,35)(H,31,34)/t22-,27?/m0/s1.